The number of rotatable bonds is 4. The van der Waals surface area contributed by atoms with Gasteiger partial charge in [-0.3, -0.25) is 0 Å². The second-order valence-electron chi connectivity index (χ2n) is 7.30. The van der Waals surface area contributed by atoms with Crippen LogP contribution in [0.5, 0.6) is 5.75 Å². The number of nitrogens with one attached hydrogen (secondary N) is 2. The highest BCUT2D eigenvalue weighted by Crippen LogP contribution is 2.38. The van der Waals surface area contributed by atoms with Gasteiger partial charge in [0, 0.05) is 33.2 Å². The summed E-state index contributed by atoms with van der Waals surface area (Å²) in [6.45, 7) is 1.43. The largest absolute Gasteiger partial charge is 0.489 e. The Kier molecular flexibility index (Phi) is 4.96. The minimum Gasteiger partial charge on any atom is -0.489 e. The van der Waals surface area contributed by atoms with Gasteiger partial charge in [0.15, 0.2) is 0 Å². The molecule has 1 unspecified atom stereocenters. The maximum Gasteiger partial charge on any atom is 0.120 e. The van der Waals surface area contributed by atoms with Crippen molar-refractivity contribution in [3.05, 3.63) is 99.2 Å². The predicted molar refractivity (Wildman–Crippen MR) is 119 cm³/mol. The summed E-state index contributed by atoms with van der Waals surface area (Å²) in [4.78, 5) is 3.59. The highest BCUT2D eigenvalue weighted by Gasteiger charge is 2.27. The minimum atomic E-state index is -0.00830. The SMILES string of the molecule is Clc1ccc(Cl)c(C2NCCc3c2[nH]c2ccc(OCc4ccccc4)cc32)c1. The van der Waals surface area contributed by atoms with E-state index in [1.54, 1.807) is 0 Å². The van der Waals surface area contributed by atoms with Crippen molar-refractivity contribution in [3.63, 3.8) is 0 Å². The molecule has 0 saturated heterocycles. The summed E-state index contributed by atoms with van der Waals surface area (Å²) in [6.07, 6.45) is 0.951. The molecule has 0 bridgehead atoms. The molecular formula is C24H20Cl2N2O. The van der Waals surface area contributed by atoms with E-state index in [1.807, 2.05) is 42.5 Å². The van der Waals surface area contributed by atoms with E-state index < -0.39 is 0 Å². The van der Waals surface area contributed by atoms with Crippen LogP contribution in [0.15, 0.2) is 66.7 Å². The summed E-state index contributed by atoms with van der Waals surface area (Å²) in [5, 5.41) is 6.18. The summed E-state index contributed by atoms with van der Waals surface area (Å²) in [6, 6.07) is 22.1. The Morgan fingerprint density at radius 2 is 1.83 bits per heavy atom. The molecule has 0 fully saturated rings. The van der Waals surface area contributed by atoms with E-state index in [2.05, 4.69) is 34.6 Å². The zero-order valence-corrected chi connectivity index (χ0v) is 17.2. The number of halogens is 2. The number of ether oxygens (including phenoxy) is 1. The lowest BCUT2D eigenvalue weighted by atomic mass is 9.94. The van der Waals surface area contributed by atoms with Crippen LogP contribution in [0.4, 0.5) is 0 Å². The molecule has 0 saturated carbocycles. The van der Waals surface area contributed by atoms with E-state index in [-0.39, 0.29) is 6.04 Å². The van der Waals surface area contributed by atoms with Crippen molar-refractivity contribution >= 4 is 34.1 Å². The molecule has 3 aromatic carbocycles. The number of aromatic nitrogens is 1. The average Bonchev–Trinajstić information content (AvgIpc) is 3.13. The van der Waals surface area contributed by atoms with Crippen LogP contribution in [0.1, 0.15) is 28.4 Å². The maximum absolute atomic E-state index is 6.49. The number of fused-ring (bicyclic) bond motifs is 3. The van der Waals surface area contributed by atoms with Crippen molar-refractivity contribution < 1.29 is 4.74 Å². The first-order chi connectivity index (χ1) is 14.2. The summed E-state index contributed by atoms with van der Waals surface area (Å²) < 4.78 is 6.04. The molecule has 1 aliphatic rings. The van der Waals surface area contributed by atoms with Gasteiger partial charge in [-0.15, -0.1) is 0 Å². The molecule has 2 heterocycles. The fourth-order valence-electron chi connectivity index (χ4n) is 4.04. The Morgan fingerprint density at radius 3 is 2.69 bits per heavy atom. The van der Waals surface area contributed by atoms with Crippen LogP contribution in [0, 0.1) is 0 Å². The second-order valence-corrected chi connectivity index (χ2v) is 8.15. The van der Waals surface area contributed by atoms with Crippen molar-refractivity contribution in [1.29, 1.82) is 0 Å². The Balaban J connectivity index is 1.50. The number of benzene rings is 3. The van der Waals surface area contributed by atoms with Crippen LogP contribution < -0.4 is 10.1 Å². The van der Waals surface area contributed by atoms with Crippen molar-refractivity contribution in [2.75, 3.05) is 6.54 Å². The van der Waals surface area contributed by atoms with Crippen LogP contribution in [0.2, 0.25) is 10.0 Å². The van der Waals surface area contributed by atoms with Crippen molar-refractivity contribution in [1.82, 2.24) is 10.3 Å². The minimum absolute atomic E-state index is 0.00830. The highest BCUT2D eigenvalue weighted by atomic mass is 35.5. The fraction of sp³-hybridized carbons (Fsp3) is 0.167. The quantitative estimate of drug-likeness (QED) is 0.405. The summed E-state index contributed by atoms with van der Waals surface area (Å²) >= 11 is 12.7. The molecule has 0 spiro atoms. The predicted octanol–water partition coefficient (Wildman–Crippen LogP) is 6.29. The molecule has 4 aromatic rings. The molecule has 1 atom stereocenters. The second kappa shape index (κ2) is 7.75. The normalized spacial score (nSPS) is 16.0. The van der Waals surface area contributed by atoms with Crippen LogP contribution in [-0.4, -0.2) is 11.5 Å². The average molecular weight is 423 g/mol. The molecule has 29 heavy (non-hydrogen) atoms. The van der Waals surface area contributed by atoms with Gasteiger partial charge in [-0.25, -0.2) is 0 Å². The first kappa shape index (κ1) is 18.6. The molecule has 3 nitrogen and oxygen atoms in total. The molecule has 0 amide bonds. The van der Waals surface area contributed by atoms with Crippen LogP contribution in [0.25, 0.3) is 10.9 Å². The van der Waals surface area contributed by atoms with E-state index in [4.69, 9.17) is 27.9 Å². The van der Waals surface area contributed by atoms with E-state index in [0.29, 0.717) is 16.7 Å². The summed E-state index contributed by atoms with van der Waals surface area (Å²) in [5.41, 5.74) is 5.71. The van der Waals surface area contributed by atoms with Gasteiger partial charge in [0.05, 0.1) is 6.04 Å². The molecule has 146 valence electrons. The van der Waals surface area contributed by atoms with Crippen molar-refractivity contribution in [3.8, 4) is 5.75 Å². The lowest BCUT2D eigenvalue weighted by Gasteiger charge is -2.25. The van der Waals surface area contributed by atoms with Gasteiger partial charge in [-0.2, -0.15) is 0 Å². The van der Waals surface area contributed by atoms with Crippen LogP contribution in [0.3, 0.4) is 0 Å². The molecule has 5 heteroatoms. The number of H-pyrrole nitrogens is 1. The number of hydrogen-bond donors (Lipinski definition) is 2. The molecule has 2 N–H and O–H groups in total. The third-order valence-corrected chi connectivity index (χ3v) is 6.02. The number of aromatic amines is 1. The van der Waals surface area contributed by atoms with E-state index in [9.17, 15) is 0 Å². The Hall–Kier alpha value is -2.46. The van der Waals surface area contributed by atoms with E-state index in [1.165, 1.54) is 10.9 Å². The highest BCUT2D eigenvalue weighted by molar-refractivity contribution is 6.33. The smallest absolute Gasteiger partial charge is 0.120 e. The van der Waals surface area contributed by atoms with Gasteiger partial charge in [-0.05, 0) is 59.5 Å². The van der Waals surface area contributed by atoms with Gasteiger partial charge in [-0.1, -0.05) is 53.5 Å². The van der Waals surface area contributed by atoms with Gasteiger partial charge >= 0.3 is 0 Å². The molecular weight excluding hydrogens is 403 g/mol. The topological polar surface area (TPSA) is 37.0 Å². The Labute approximate surface area is 179 Å². The van der Waals surface area contributed by atoms with Gasteiger partial charge in [0.25, 0.3) is 0 Å². The first-order valence-corrected chi connectivity index (χ1v) is 10.4. The van der Waals surface area contributed by atoms with Crippen LogP contribution in [-0.2, 0) is 13.0 Å². The molecule has 0 aliphatic carbocycles. The Morgan fingerprint density at radius 1 is 0.966 bits per heavy atom. The molecule has 5 rings (SSSR count). The zero-order chi connectivity index (χ0) is 19.8. The fourth-order valence-corrected chi connectivity index (χ4v) is 4.45. The Bertz CT molecular complexity index is 1170. The molecule has 1 aliphatic heterocycles. The summed E-state index contributed by atoms with van der Waals surface area (Å²) in [5.74, 6) is 0.874. The van der Waals surface area contributed by atoms with Gasteiger partial charge < -0.3 is 15.0 Å². The van der Waals surface area contributed by atoms with E-state index in [0.717, 1.165) is 41.1 Å². The first-order valence-electron chi connectivity index (χ1n) is 9.68. The van der Waals surface area contributed by atoms with Crippen LogP contribution >= 0.6 is 23.2 Å². The standard InChI is InChI=1S/C24H20Cl2N2O/c25-16-6-8-21(26)20(12-16)23-24-18(10-11-27-23)19-13-17(7-9-22(19)28-24)29-14-15-4-2-1-3-5-15/h1-9,12-13,23,27-28H,10-11,14H2. The summed E-state index contributed by atoms with van der Waals surface area (Å²) in [7, 11) is 0. The van der Waals surface area contributed by atoms with Gasteiger partial charge in [0.2, 0.25) is 0 Å². The third kappa shape index (κ3) is 3.62. The van der Waals surface area contributed by atoms with Gasteiger partial charge in [0.1, 0.15) is 12.4 Å². The monoisotopic (exact) mass is 422 g/mol. The lowest BCUT2D eigenvalue weighted by molar-refractivity contribution is 0.306. The van der Waals surface area contributed by atoms with Crippen molar-refractivity contribution in [2.45, 2.75) is 19.1 Å². The molecule has 0 radical (unpaired) electrons. The zero-order valence-electron chi connectivity index (χ0n) is 15.7. The van der Waals surface area contributed by atoms with Crippen molar-refractivity contribution in [2.24, 2.45) is 0 Å². The van der Waals surface area contributed by atoms with E-state index >= 15 is 0 Å². The number of hydrogen-bond acceptors (Lipinski definition) is 2. The molecule has 1 aromatic heterocycles. The maximum atomic E-state index is 6.49. The third-order valence-electron chi connectivity index (χ3n) is 5.44. The lowest BCUT2D eigenvalue weighted by Crippen LogP contribution is -2.30.